The SMILES string of the molecule is CO/N=C(\C(=O)N[C@@H]1C(=O)N2C(C(=O)O)=C(COC(N)=O)CSC12)c1ccco1. The number of carbonyl (C=O) groups excluding carboxylic acids is 3. The summed E-state index contributed by atoms with van der Waals surface area (Å²) in [4.78, 5) is 53.3. The third-order valence-electron chi connectivity index (χ3n) is 4.08. The molecule has 2 atom stereocenters. The van der Waals surface area contributed by atoms with Crippen molar-refractivity contribution in [3.63, 3.8) is 0 Å². The first-order valence-electron chi connectivity index (χ1n) is 8.13. The number of ether oxygens (including phenoxy) is 1. The van der Waals surface area contributed by atoms with Crippen molar-refractivity contribution in [2.75, 3.05) is 19.5 Å². The number of carbonyl (C=O) groups is 4. The van der Waals surface area contributed by atoms with Gasteiger partial charge in [-0.3, -0.25) is 14.5 Å². The standard InChI is InChI=1S/C16H16N4O8S/c1-26-19-9(8-3-2-4-27-8)12(21)18-10-13(22)20-11(15(23)24)7(5-28-16(17)25)6-29-14(10)20/h2-4,10,14H,5-6H2,1H3,(H2,17,25)(H,18,21)(H,23,24)/b19-9-/t10-,14?/m1/s1. The fourth-order valence-electron chi connectivity index (χ4n) is 2.87. The Morgan fingerprint density at radius 1 is 1.48 bits per heavy atom. The molecular formula is C16H16N4O8S. The number of hydrogen-bond donors (Lipinski definition) is 3. The molecule has 3 rings (SSSR count). The highest BCUT2D eigenvalue weighted by atomic mass is 32.2. The number of oxime groups is 1. The number of fused-ring (bicyclic) bond motifs is 1. The number of carboxylic acid groups (broad SMARTS) is 1. The molecule has 3 amide bonds. The molecule has 0 spiro atoms. The molecular weight excluding hydrogens is 408 g/mol. The van der Waals surface area contributed by atoms with Crippen LogP contribution in [-0.4, -0.2) is 70.5 Å². The zero-order valence-electron chi connectivity index (χ0n) is 15.0. The lowest BCUT2D eigenvalue weighted by atomic mass is 10.0. The van der Waals surface area contributed by atoms with Crippen molar-refractivity contribution in [2.45, 2.75) is 11.4 Å². The molecule has 1 fully saturated rings. The molecule has 12 nitrogen and oxygen atoms in total. The predicted octanol–water partition coefficient (Wildman–Crippen LogP) is -0.536. The van der Waals surface area contributed by atoms with Gasteiger partial charge in [0.05, 0.1) is 6.26 Å². The lowest BCUT2D eigenvalue weighted by Gasteiger charge is -2.49. The van der Waals surface area contributed by atoms with Gasteiger partial charge in [-0.2, -0.15) is 0 Å². The number of nitrogens with zero attached hydrogens (tertiary/aromatic N) is 2. The third kappa shape index (κ3) is 3.89. The summed E-state index contributed by atoms with van der Waals surface area (Å²) < 4.78 is 9.79. The molecule has 4 N–H and O–H groups in total. The summed E-state index contributed by atoms with van der Waals surface area (Å²) in [6, 6.07) is 2.08. The summed E-state index contributed by atoms with van der Waals surface area (Å²) in [5, 5.41) is 15.0. The molecule has 0 saturated carbocycles. The third-order valence-corrected chi connectivity index (χ3v) is 5.42. The minimum absolute atomic E-state index is 0.140. The molecule has 0 aromatic carbocycles. The van der Waals surface area contributed by atoms with Crippen molar-refractivity contribution < 1.29 is 38.3 Å². The first-order chi connectivity index (χ1) is 13.8. The Labute approximate surface area is 167 Å². The summed E-state index contributed by atoms with van der Waals surface area (Å²) >= 11 is 1.21. The van der Waals surface area contributed by atoms with Gasteiger partial charge in [0, 0.05) is 11.3 Å². The van der Waals surface area contributed by atoms with Crippen LogP contribution in [0, 0.1) is 0 Å². The molecule has 3 heterocycles. The van der Waals surface area contributed by atoms with Gasteiger partial charge in [0.15, 0.2) is 5.76 Å². The van der Waals surface area contributed by atoms with Crippen molar-refractivity contribution in [3.05, 3.63) is 35.4 Å². The number of furan rings is 1. The van der Waals surface area contributed by atoms with Crippen LogP contribution < -0.4 is 11.1 Å². The summed E-state index contributed by atoms with van der Waals surface area (Å²) in [6.45, 7) is -0.347. The quantitative estimate of drug-likeness (QED) is 0.295. The Balaban J connectivity index is 1.77. The fraction of sp³-hybridized carbons (Fsp3) is 0.312. The zero-order valence-corrected chi connectivity index (χ0v) is 15.8. The topological polar surface area (TPSA) is 174 Å². The van der Waals surface area contributed by atoms with Gasteiger partial charge in [-0.1, -0.05) is 5.16 Å². The van der Waals surface area contributed by atoms with Crippen LogP contribution in [0.15, 0.2) is 39.2 Å². The van der Waals surface area contributed by atoms with Crippen LogP contribution in [0.5, 0.6) is 0 Å². The van der Waals surface area contributed by atoms with E-state index in [2.05, 4.69) is 20.0 Å². The lowest BCUT2D eigenvalue weighted by molar-refractivity contribution is -0.150. The molecule has 2 aliphatic heterocycles. The van der Waals surface area contributed by atoms with Gasteiger partial charge in [0.1, 0.15) is 30.8 Å². The highest BCUT2D eigenvalue weighted by Crippen LogP contribution is 2.40. The van der Waals surface area contributed by atoms with Crippen molar-refractivity contribution in [1.29, 1.82) is 0 Å². The average molecular weight is 424 g/mol. The fourth-order valence-corrected chi connectivity index (χ4v) is 4.19. The Morgan fingerprint density at radius 2 is 2.24 bits per heavy atom. The maximum absolute atomic E-state index is 12.6. The van der Waals surface area contributed by atoms with Gasteiger partial charge in [-0.25, -0.2) is 9.59 Å². The number of β-lactam (4-membered cyclic amide) rings is 1. The highest BCUT2D eigenvalue weighted by Gasteiger charge is 2.54. The van der Waals surface area contributed by atoms with E-state index >= 15 is 0 Å². The van der Waals surface area contributed by atoms with Crippen LogP contribution in [0.4, 0.5) is 4.79 Å². The van der Waals surface area contributed by atoms with Crippen molar-refractivity contribution in [2.24, 2.45) is 10.9 Å². The molecule has 0 bridgehead atoms. The van der Waals surface area contributed by atoms with Crippen LogP contribution in [0.2, 0.25) is 0 Å². The van der Waals surface area contributed by atoms with Gasteiger partial charge in [-0.05, 0) is 12.1 Å². The molecule has 1 unspecified atom stereocenters. The number of rotatable bonds is 7. The Hall–Kier alpha value is -3.48. The Bertz CT molecular complexity index is 910. The van der Waals surface area contributed by atoms with Crippen LogP contribution in [0.3, 0.4) is 0 Å². The maximum Gasteiger partial charge on any atom is 0.404 e. The van der Waals surface area contributed by atoms with E-state index in [1.807, 2.05) is 0 Å². The van der Waals surface area contributed by atoms with Gasteiger partial charge in [-0.15, -0.1) is 11.8 Å². The first kappa shape index (κ1) is 20.3. The van der Waals surface area contributed by atoms with E-state index in [9.17, 15) is 24.3 Å². The van der Waals surface area contributed by atoms with Crippen molar-refractivity contribution in [1.82, 2.24) is 10.2 Å². The summed E-state index contributed by atoms with van der Waals surface area (Å²) in [7, 11) is 1.25. The molecule has 2 aliphatic rings. The zero-order chi connectivity index (χ0) is 21.1. The minimum Gasteiger partial charge on any atom is -0.477 e. The second-order valence-corrected chi connectivity index (χ2v) is 6.93. The van der Waals surface area contributed by atoms with E-state index in [-0.39, 0.29) is 35.1 Å². The number of primary amides is 1. The van der Waals surface area contributed by atoms with Crippen LogP contribution in [-0.2, 0) is 24.0 Å². The van der Waals surface area contributed by atoms with Gasteiger partial charge in [0.2, 0.25) is 5.71 Å². The number of hydrogen-bond acceptors (Lipinski definition) is 9. The van der Waals surface area contributed by atoms with E-state index in [1.54, 1.807) is 6.07 Å². The molecule has 13 heteroatoms. The average Bonchev–Trinajstić information content (AvgIpc) is 3.21. The largest absolute Gasteiger partial charge is 0.477 e. The summed E-state index contributed by atoms with van der Waals surface area (Å²) in [5.41, 5.74) is 4.68. The van der Waals surface area contributed by atoms with E-state index in [4.69, 9.17) is 10.2 Å². The Kier molecular flexibility index (Phi) is 5.77. The minimum atomic E-state index is -1.35. The smallest absolute Gasteiger partial charge is 0.404 e. The van der Waals surface area contributed by atoms with E-state index in [0.29, 0.717) is 0 Å². The highest BCUT2D eigenvalue weighted by molar-refractivity contribution is 8.00. The number of aliphatic carboxylic acids is 1. The number of thioether (sulfide) groups is 1. The molecule has 1 aromatic rings. The van der Waals surface area contributed by atoms with Gasteiger partial charge < -0.3 is 30.1 Å². The summed E-state index contributed by atoms with van der Waals surface area (Å²) in [5.74, 6) is -2.38. The second kappa shape index (κ2) is 8.26. The molecule has 29 heavy (non-hydrogen) atoms. The normalized spacial score (nSPS) is 21.2. The summed E-state index contributed by atoms with van der Waals surface area (Å²) in [6.07, 6.45) is 0.290. The van der Waals surface area contributed by atoms with Crippen molar-refractivity contribution in [3.8, 4) is 0 Å². The molecule has 154 valence electrons. The monoisotopic (exact) mass is 424 g/mol. The number of nitrogens with two attached hydrogens (primary N) is 1. The van der Waals surface area contributed by atoms with E-state index < -0.39 is 35.3 Å². The van der Waals surface area contributed by atoms with Crippen LogP contribution in [0.1, 0.15) is 5.76 Å². The lowest BCUT2D eigenvalue weighted by Crippen LogP contribution is -2.71. The number of amides is 3. The van der Waals surface area contributed by atoms with Gasteiger partial charge >= 0.3 is 12.1 Å². The van der Waals surface area contributed by atoms with Crippen LogP contribution in [0.25, 0.3) is 0 Å². The predicted molar refractivity (Wildman–Crippen MR) is 97.5 cm³/mol. The first-order valence-corrected chi connectivity index (χ1v) is 9.18. The van der Waals surface area contributed by atoms with Crippen LogP contribution >= 0.6 is 11.8 Å². The van der Waals surface area contributed by atoms with E-state index in [1.165, 1.54) is 31.2 Å². The van der Waals surface area contributed by atoms with Gasteiger partial charge in [0.25, 0.3) is 11.8 Å². The van der Waals surface area contributed by atoms with E-state index in [0.717, 1.165) is 4.90 Å². The second-order valence-electron chi connectivity index (χ2n) is 5.83. The Morgan fingerprint density at radius 3 is 2.83 bits per heavy atom. The molecule has 0 radical (unpaired) electrons. The maximum atomic E-state index is 12.6. The molecule has 0 aliphatic carbocycles. The van der Waals surface area contributed by atoms with Crippen molar-refractivity contribution >= 4 is 41.4 Å². The molecule has 1 aromatic heterocycles. The molecule has 1 saturated heterocycles. The number of nitrogens with one attached hydrogen (secondary N) is 1. The number of carboxylic acids is 1.